The van der Waals surface area contributed by atoms with Crippen molar-refractivity contribution in [2.75, 3.05) is 5.75 Å². The minimum atomic E-state index is 0.550. The van der Waals surface area contributed by atoms with E-state index in [2.05, 4.69) is 30.2 Å². The molecule has 0 spiro atoms. The first kappa shape index (κ1) is 14.0. The van der Waals surface area contributed by atoms with Gasteiger partial charge in [0.2, 0.25) is 0 Å². The fourth-order valence-electron chi connectivity index (χ4n) is 2.13. The number of amidine groups is 1. The molecule has 2 rings (SSSR count). The molecule has 1 unspecified atom stereocenters. The van der Waals surface area contributed by atoms with Crippen molar-refractivity contribution in [2.45, 2.75) is 32.9 Å². The molecule has 4 heteroatoms. The molecular formula is C15H19N3S. The largest absolute Gasteiger partial charge is 0.361 e. The molecule has 0 saturated carbocycles. The van der Waals surface area contributed by atoms with Crippen LogP contribution in [0, 0.1) is 17.2 Å². The highest BCUT2D eigenvalue weighted by Crippen LogP contribution is 2.19. The predicted molar refractivity (Wildman–Crippen MR) is 81.1 cm³/mol. The molecule has 1 N–H and O–H groups in total. The van der Waals surface area contributed by atoms with Gasteiger partial charge in [-0.15, -0.1) is 0 Å². The summed E-state index contributed by atoms with van der Waals surface area (Å²) < 4.78 is 0. The predicted octanol–water partition coefficient (Wildman–Crippen LogP) is 3.17. The Hall–Kier alpha value is -1.47. The van der Waals surface area contributed by atoms with Gasteiger partial charge in [-0.25, -0.2) is 0 Å². The van der Waals surface area contributed by atoms with Crippen LogP contribution in [0.4, 0.5) is 0 Å². The molecule has 0 amide bonds. The van der Waals surface area contributed by atoms with E-state index in [0.29, 0.717) is 24.1 Å². The summed E-state index contributed by atoms with van der Waals surface area (Å²) in [5, 5.41) is 13.4. The Morgan fingerprint density at radius 3 is 3.11 bits per heavy atom. The van der Waals surface area contributed by atoms with E-state index < -0.39 is 0 Å². The van der Waals surface area contributed by atoms with Gasteiger partial charge < -0.3 is 5.32 Å². The van der Waals surface area contributed by atoms with Gasteiger partial charge in [-0.3, -0.25) is 4.99 Å². The van der Waals surface area contributed by atoms with Gasteiger partial charge in [0.15, 0.2) is 5.17 Å². The number of hydrogen-bond acceptors (Lipinski definition) is 3. The molecule has 1 aliphatic rings. The maximum atomic E-state index is 8.86. The number of aliphatic imine (C=N–C) groups is 1. The van der Waals surface area contributed by atoms with E-state index in [1.165, 1.54) is 6.42 Å². The minimum Gasteiger partial charge on any atom is -0.361 e. The summed E-state index contributed by atoms with van der Waals surface area (Å²) in [4.78, 5) is 4.59. The van der Waals surface area contributed by atoms with Crippen LogP contribution in [0.15, 0.2) is 29.3 Å². The summed E-state index contributed by atoms with van der Waals surface area (Å²) in [6.07, 6.45) is 1.19. The normalized spacial score (nSPS) is 20.5. The number of nitrogens with one attached hydrogen (secondary N) is 1. The summed E-state index contributed by atoms with van der Waals surface area (Å²) in [5.41, 5.74) is 1.78. The molecule has 1 aliphatic heterocycles. The van der Waals surface area contributed by atoms with Gasteiger partial charge >= 0.3 is 0 Å². The van der Waals surface area contributed by atoms with Gasteiger partial charge in [-0.2, -0.15) is 5.26 Å². The second-order valence-electron chi connectivity index (χ2n) is 5.22. The fraction of sp³-hybridized carbons (Fsp3) is 0.467. The topological polar surface area (TPSA) is 48.2 Å². The zero-order valence-corrected chi connectivity index (χ0v) is 12.2. The average Bonchev–Trinajstić information content (AvgIpc) is 2.83. The average molecular weight is 273 g/mol. The van der Waals surface area contributed by atoms with Crippen molar-refractivity contribution < 1.29 is 0 Å². The first-order valence-corrected chi connectivity index (χ1v) is 7.58. The third-order valence-corrected chi connectivity index (χ3v) is 4.06. The van der Waals surface area contributed by atoms with Crippen molar-refractivity contribution in [2.24, 2.45) is 10.9 Å². The van der Waals surface area contributed by atoms with Crippen LogP contribution in [-0.4, -0.2) is 17.0 Å². The quantitative estimate of drug-likeness (QED) is 0.916. The van der Waals surface area contributed by atoms with Crippen LogP contribution < -0.4 is 5.32 Å². The summed E-state index contributed by atoms with van der Waals surface area (Å²) in [5.74, 6) is 1.82. The van der Waals surface area contributed by atoms with Crippen molar-refractivity contribution in [1.82, 2.24) is 5.32 Å². The van der Waals surface area contributed by atoms with Crippen LogP contribution in [0.1, 0.15) is 31.4 Å². The highest BCUT2D eigenvalue weighted by atomic mass is 32.2. The smallest absolute Gasteiger partial charge is 0.157 e. The molecule has 1 aromatic carbocycles. The molecule has 0 aromatic heterocycles. The van der Waals surface area contributed by atoms with E-state index in [4.69, 9.17) is 5.26 Å². The van der Waals surface area contributed by atoms with Crippen LogP contribution in [-0.2, 0) is 6.54 Å². The van der Waals surface area contributed by atoms with Crippen LogP contribution in [0.25, 0.3) is 0 Å². The van der Waals surface area contributed by atoms with Crippen molar-refractivity contribution in [3.63, 3.8) is 0 Å². The molecule has 1 fully saturated rings. The van der Waals surface area contributed by atoms with E-state index in [1.807, 2.05) is 24.3 Å². The van der Waals surface area contributed by atoms with E-state index in [1.54, 1.807) is 11.8 Å². The Morgan fingerprint density at radius 2 is 2.37 bits per heavy atom. The SMILES string of the molecule is CC(C)CC1CSC(=NCc2cccc(C#N)c2)N1. The molecule has 1 aromatic rings. The van der Waals surface area contributed by atoms with E-state index in [0.717, 1.165) is 16.5 Å². The van der Waals surface area contributed by atoms with Crippen LogP contribution >= 0.6 is 11.8 Å². The lowest BCUT2D eigenvalue weighted by Crippen LogP contribution is -2.28. The van der Waals surface area contributed by atoms with Crippen molar-refractivity contribution in [1.29, 1.82) is 5.26 Å². The first-order valence-electron chi connectivity index (χ1n) is 6.60. The number of nitriles is 1. The van der Waals surface area contributed by atoms with Crippen LogP contribution in [0.3, 0.4) is 0 Å². The van der Waals surface area contributed by atoms with Gasteiger partial charge in [0.1, 0.15) is 0 Å². The Kier molecular flexibility index (Phi) is 4.86. The molecule has 1 atom stereocenters. The first-order chi connectivity index (χ1) is 9.17. The number of nitrogens with zero attached hydrogens (tertiary/aromatic N) is 2. The fourth-order valence-corrected chi connectivity index (χ4v) is 3.11. The molecule has 1 heterocycles. The Morgan fingerprint density at radius 1 is 1.53 bits per heavy atom. The number of hydrogen-bond donors (Lipinski definition) is 1. The standard InChI is InChI=1S/C15H19N3S/c1-11(2)6-14-10-19-15(18-14)17-9-13-5-3-4-12(7-13)8-16/h3-5,7,11,14H,6,9-10H2,1-2H3,(H,17,18). The molecule has 100 valence electrons. The molecular weight excluding hydrogens is 254 g/mol. The highest BCUT2D eigenvalue weighted by molar-refractivity contribution is 8.14. The Bertz CT molecular complexity index is 502. The lowest BCUT2D eigenvalue weighted by molar-refractivity contribution is 0.502. The maximum Gasteiger partial charge on any atom is 0.157 e. The van der Waals surface area contributed by atoms with Gasteiger partial charge in [-0.1, -0.05) is 37.7 Å². The van der Waals surface area contributed by atoms with E-state index in [9.17, 15) is 0 Å². The highest BCUT2D eigenvalue weighted by Gasteiger charge is 2.20. The van der Waals surface area contributed by atoms with E-state index in [-0.39, 0.29) is 0 Å². The lowest BCUT2D eigenvalue weighted by Gasteiger charge is -2.11. The van der Waals surface area contributed by atoms with Crippen LogP contribution in [0.5, 0.6) is 0 Å². The third kappa shape index (κ3) is 4.29. The molecule has 3 nitrogen and oxygen atoms in total. The Balaban J connectivity index is 1.91. The van der Waals surface area contributed by atoms with Crippen molar-refractivity contribution >= 4 is 16.9 Å². The Labute approximate surface area is 119 Å². The van der Waals surface area contributed by atoms with Gasteiger partial charge in [-0.05, 0) is 30.0 Å². The molecule has 0 radical (unpaired) electrons. The second-order valence-corrected chi connectivity index (χ2v) is 6.22. The van der Waals surface area contributed by atoms with Gasteiger partial charge in [0.05, 0.1) is 18.2 Å². The maximum absolute atomic E-state index is 8.86. The molecule has 0 aliphatic carbocycles. The molecule has 19 heavy (non-hydrogen) atoms. The van der Waals surface area contributed by atoms with Crippen molar-refractivity contribution in [3.05, 3.63) is 35.4 Å². The zero-order chi connectivity index (χ0) is 13.7. The van der Waals surface area contributed by atoms with E-state index >= 15 is 0 Å². The number of thioether (sulfide) groups is 1. The van der Waals surface area contributed by atoms with Crippen LogP contribution in [0.2, 0.25) is 0 Å². The third-order valence-electron chi connectivity index (χ3n) is 2.97. The summed E-state index contributed by atoms with van der Waals surface area (Å²) in [7, 11) is 0. The van der Waals surface area contributed by atoms with Gasteiger partial charge in [0.25, 0.3) is 0 Å². The number of benzene rings is 1. The monoisotopic (exact) mass is 273 g/mol. The second kappa shape index (κ2) is 6.63. The van der Waals surface area contributed by atoms with Gasteiger partial charge in [0, 0.05) is 11.8 Å². The summed E-state index contributed by atoms with van der Waals surface area (Å²) in [6.45, 7) is 5.13. The lowest BCUT2D eigenvalue weighted by atomic mass is 10.1. The zero-order valence-electron chi connectivity index (χ0n) is 11.4. The minimum absolute atomic E-state index is 0.550. The number of rotatable bonds is 4. The summed E-state index contributed by atoms with van der Waals surface area (Å²) in [6, 6.07) is 10.3. The summed E-state index contributed by atoms with van der Waals surface area (Å²) >= 11 is 1.80. The van der Waals surface area contributed by atoms with Crippen molar-refractivity contribution in [3.8, 4) is 6.07 Å². The molecule has 0 bridgehead atoms. The molecule has 1 saturated heterocycles.